The van der Waals surface area contributed by atoms with Crippen LogP contribution >= 0.6 is 11.3 Å². The SMILES string of the molecule is COCC(NCc1csc(=O)[nH]1)c1ccccc1. The lowest BCUT2D eigenvalue weighted by Crippen LogP contribution is -2.25. The molecule has 1 unspecified atom stereocenters. The molecule has 2 N–H and O–H groups in total. The Kier molecular flexibility index (Phi) is 4.69. The summed E-state index contributed by atoms with van der Waals surface area (Å²) < 4.78 is 5.22. The number of H-pyrrole nitrogens is 1. The maximum absolute atomic E-state index is 11.0. The van der Waals surface area contributed by atoms with Crippen molar-refractivity contribution in [1.82, 2.24) is 10.3 Å². The highest BCUT2D eigenvalue weighted by atomic mass is 32.1. The van der Waals surface area contributed by atoms with Gasteiger partial charge in [-0.25, -0.2) is 0 Å². The van der Waals surface area contributed by atoms with Crippen molar-refractivity contribution in [2.75, 3.05) is 13.7 Å². The van der Waals surface area contributed by atoms with E-state index in [1.807, 2.05) is 23.6 Å². The Morgan fingerprint density at radius 1 is 1.39 bits per heavy atom. The summed E-state index contributed by atoms with van der Waals surface area (Å²) in [5.41, 5.74) is 2.08. The molecule has 0 saturated carbocycles. The molecule has 1 aromatic carbocycles. The van der Waals surface area contributed by atoms with Crippen molar-refractivity contribution in [3.63, 3.8) is 0 Å². The molecule has 0 aliphatic rings. The number of rotatable bonds is 6. The summed E-state index contributed by atoms with van der Waals surface area (Å²) in [7, 11) is 1.68. The molecule has 0 saturated heterocycles. The summed E-state index contributed by atoms with van der Waals surface area (Å²) >= 11 is 1.18. The third-order valence-corrected chi connectivity index (χ3v) is 3.36. The Labute approximate surface area is 110 Å². The normalized spacial score (nSPS) is 12.5. The first kappa shape index (κ1) is 13.0. The van der Waals surface area contributed by atoms with Gasteiger partial charge in [0.15, 0.2) is 0 Å². The predicted molar refractivity (Wildman–Crippen MR) is 72.8 cm³/mol. The van der Waals surface area contributed by atoms with E-state index >= 15 is 0 Å². The van der Waals surface area contributed by atoms with E-state index in [9.17, 15) is 4.79 Å². The molecule has 0 radical (unpaired) electrons. The zero-order valence-electron chi connectivity index (χ0n) is 10.2. The molecule has 1 atom stereocenters. The third kappa shape index (κ3) is 3.53. The Bertz CT molecular complexity index is 521. The number of aromatic nitrogens is 1. The molecule has 1 heterocycles. The molecule has 96 valence electrons. The minimum atomic E-state index is -0.0187. The van der Waals surface area contributed by atoms with Crippen molar-refractivity contribution in [3.8, 4) is 0 Å². The summed E-state index contributed by atoms with van der Waals surface area (Å²) in [4.78, 5) is 13.8. The zero-order chi connectivity index (χ0) is 12.8. The Balaban J connectivity index is 2.00. The van der Waals surface area contributed by atoms with Crippen molar-refractivity contribution in [2.45, 2.75) is 12.6 Å². The first-order valence-corrected chi connectivity index (χ1v) is 6.61. The molecule has 0 spiro atoms. The van der Waals surface area contributed by atoms with E-state index < -0.39 is 0 Å². The summed E-state index contributed by atoms with van der Waals surface area (Å²) in [6.07, 6.45) is 0. The van der Waals surface area contributed by atoms with Crippen molar-refractivity contribution in [3.05, 3.63) is 56.6 Å². The number of aromatic amines is 1. The van der Waals surface area contributed by atoms with E-state index in [0.717, 1.165) is 5.69 Å². The van der Waals surface area contributed by atoms with Gasteiger partial charge < -0.3 is 15.0 Å². The smallest absolute Gasteiger partial charge is 0.304 e. The molecule has 18 heavy (non-hydrogen) atoms. The lowest BCUT2D eigenvalue weighted by molar-refractivity contribution is 0.166. The molecule has 0 bridgehead atoms. The van der Waals surface area contributed by atoms with Gasteiger partial charge in [-0.3, -0.25) is 4.79 Å². The number of methoxy groups -OCH3 is 1. The number of nitrogens with one attached hydrogen (secondary N) is 2. The molecule has 4 nitrogen and oxygen atoms in total. The number of ether oxygens (including phenoxy) is 1. The van der Waals surface area contributed by atoms with Crippen LogP contribution in [0.1, 0.15) is 17.3 Å². The van der Waals surface area contributed by atoms with E-state index in [0.29, 0.717) is 13.2 Å². The fourth-order valence-electron chi connectivity index (χ4n) is 1.76. The van der Waals surface area contributed by atoms with E-state index in [1.165, 1.54) is 16.9 Å². The van der Waals surface area contributed by atoms with Gasteiger partial charge in [0.05, 0.1) is 12.6 Å². The van der Waals surface area contributed by atoms with Crippen molar-refractivity contribution < 1.29 is 4.74 Å². The van der Waals surface area contributed by atoms with Crippen LogP contribution in [0.15, 0.2) is 40.5 Å². The van der Waals surface area contributed by atoms with Crippen LogP contribution in [-0.4, -0.2) is 18.7 Å². The second kappa shape index (κ2) is 6.49. The number of hydrogen-bond acceptors (Lipinski definition) is 4. The van der Waals surface area contributed by atoms with E-state index in [-0.39, 0.29) is 10.9 Å². The lowest BCUT2D eigenvalue weighted by Gasteiger charge is -2.17. The molecule has 1 aromatic heterocycles. The van der Waals surface area contributed by atoms with Crippen molar-refractivity contribution in [2.24, 2.45) is 0 Å². The fraction of sp³-hybridized carbons (Fsp3) is 0.308. The second-order valence-electron chi connectivity index (χ2n) is 3.97. The topological polar surface area (TPSA) is 54.1 Å². The molecular formula is C13H16N2O2S. The van der Waals surface area contributed by atoms with Crippen LogP contribution in [0, 0.1) is 0 Å². The Morgan fingerprint density at radius 3 is 2.78 bits per heavy atom. The molecule has 0 aliphatic carbocycles. The van der Waals surface area contributed by atoms with Gasteiger partial charge in [-0.2, -0.15) is 0 Å². The van der Waals surface area contributed by atoms with E-state index in [2.05, 4.69) is 22.4 Å². The highest BCUT2D eigenvalue weighted by Gasteiger charge is 2.10. The van der Waals surface area contributed by atoms with Gasteiger partial charge in [-0.1, -0.05) is 41.7 Å². The molecule has 2 aromatic rings. The number of benzene rings is 1. The second-order valence-corrected chi connectivity index (χ2v) is 4.82. The van der Waals surface area contributed by atoms with Gasteiger partial charge in [0.2, 0.25) is 0 Å². The maximum atomic E-state index is 11.0. The summed E-state index contributed by atoms with van der Waals surface area (Å²) in [5, 5.41) is 5.22. The molecule has 5 heteroatoms. The van der Waals surface area contributed by atoms with Crippen LogP contribution in [0.2, 0.25) is 0 Å². The van der Waals surface area contributed by atoms with E-state index in [1.54, 1.807) is 7.11 Å². The lowest BCUT2D eigenvalue weighted by atomic mass is 10.1. The minimum absolute atomic E-state index is 0.0187. The quantitative estimate of drug-likeness (QED) is 0.838. The van der Waals surface area contributed by atoms with Gasteiger partial charge >= 0.3 is 4.87 Å². The molecule has 2 rings (SSSR count). The molecular weight excluding hydrogens is 248 g/mol. The van der Waals surface area contributed by atoms with Gasteiger partial charge in [-0.15, -0.1) is 0 Å². The minimum Gasteiger partial charge on any atom is -0.383 e. The van der Waals surface area contributed by atoms with Crippen molar-refractivity contribution >= 4 is 11.3 Å². The van der Waals surface area contributed by atoms with Crippen LogP contribution in [0.5, 0.6) is 0 Å². The summed E-state index contributed by atoms with van der Waals surface area (Å²) in [6, 6.07) is 10.3. The van der Waals surface area contributed by atoms with Crippen LogP contribution in [0.4, 0.5) is 0 Å². The Morgan fingerprint density at radius 2 is 2.17 bits per heavy atom. The Hall–Kier alpha value is -1.43. The monoisotopic (exact) mass is 264 g/mol. The van der Waals surface area contributed by atoms with Gasteiger partial charge in [0, 0.05) is 24.7 Å². The highest BCUT2D eigenvalue weighted by molar-refractivity contribution is 7.07. The first-order chi connectivity index (χ1) is 8.79. The van der Waals surface area contributed by atoms with Gasteiger partial charge in [0.1, 0.15) is 0 Å². The predicted octanol–water partition coefficient (Wildman–Crippen LogP) is 1.91. The van der Waals surface area contributed by atoms with Crippen LogP contribution in [-0.2, 0) is 11.3 Å². The summed E-state index contributed by atoms with van der Waals surface area (Å²) in [6.45, 7) is 1.22. The van der Waals surface area contributed by atoms with E-state index in [4.69, 9.17) is 4.74 Å². The van der Waals surface area contributed by atoms with Crippen LogP contribution in [0.25, 0.3) is 0 Å². The van der Waals surface area contributed by atoms with Crippen LogP contribution in [0.3, 0.4) is 0 Å². The number of hydrogen-bond donors (Lipinski definition) is 2. The standard InChI is InChI=1S/C13H16N2O2S/c1-17-8-12(10-5-3-2-4-6-10)14-7-11-9-18-13(16)15-11/h2-6,9,12,14H,7-8H2,1H3,(H,15,16). The first-order valence-electron chi connectivity index (χ1n) is 5.73. The molecule has 0 aliphatic heterocycles. The number of thiazole rings is 1. The zero-order valence-corrected chi connectivity index (χ0v) is 11.0. The van der Waals surface area contributed by atoms with Gasteiger partial charge in [0.25, 0.3) is 0 Å². The highest BCUT2D eigenvalue weighted by Crippen LogP contribution is 2.13. The van der Waals surface area contributed by atoms with Gasteiger partial charge in [-0.05, 0) is 5.56 Å². The molecule has 0 fully saturated rings. The molecule has 0 amide bonds. The van der Waals surface area contributed by atoms with Crippen molar-refractivity contribution in [1.29, 1.82) is 0 Å². The maximum Gasteiger partial charge on any atom is 0.304 e. The average Bonchev–Trinajstić information content (AvgIpc) is 2.81. The summed E-state index contributed by atoms with van der Waals surface area (Å²) in [5.74, 6) is 0. The fourth-order valence-corrected chi connectivity index (χ4v) is 2.34. The van der Waals surface area contributed by atoms with Crippen LogP contribution < -0.4 is 10.2 Å². The third-order valence-electron chi connectivity index (χ3n) is 2.65. The average molecular weight is 264 g/mol. The largest absolute Gasteiger partial charge is 0.383 e.